The number of fused-ring (bicyclic) bond motifs is 3. The molecule has 1 unspecified atom stereocenters. The van der Waals surface area contributed by atoms with Crippen LogP contribution in [0.5, 0.6) is 11.5 Å². The van der Waals surface area contributed by atoms with Gasteiger partial charge in [0.25, 0.3) is 0 Å². The second-order valence-electron chi connectivity index (χ2n) is 15.7. The lowest BCUT2D eigenvalue weighted by atomic mass is 9.75. The van der Waals surface area contributed by atoms with E-state index < -0.39 is 0 Å². The van der Waals surface area contributed by atoms with Crippen LogP contribution in [0.1, 0.15) is 95.3 Å². The number of allylic oxidation sites excluding steroid dienone is 2. The average Bonchev–Trinajstić information content (AvgIpc) is 3.53. The van der Waals surface area contributed by atoms with Gasteiger partial charge in [-0.1, -0.05) is 71.4 Å². The van der Waals surface area contributed by atoms with Crippen molar-refractivity contribution in [2.24, 2.45) is 11.8 Å². The number of hydrogen-bond donors (Lipinski definition) is 0. The smallest absolute Gasteiger partial charge is 0.137 e. The van der Waals surface area contributed by atoms with Crippen LogP contribution in [0, 0.1) is 25.7 Å². The van der Waals surface area contributed by atoms with Gasteiger partial charge in [-0.25, -0.2) is 9.67 Å². The third-order valence-corrected chi connectivity index (χ3v) is 10.4. The van der Waals surface area contributed by atoms with Crippen molar-refractivity contribution >= 4 is 21.8 Å². The van der Waals surface area contributed by atoms with Crippen molar-refractivity contribution in [3.63, 3.8) is 0 Å². The molecule has 6 aromatic rings. The van der Waals surface area contributed by atoms with Crippen molar-refractivity contribution in [3.05, 3.63) is 119 Å². The second kappa shape index (κ2) is 12.7. The zero-order valence-electron chi connectivity index (χ0n) is 30.6. The van der Waals surface area contributed by atoms with Crippen molar-refractivity contribution in [1.82, 2.24) is 19.3 Å². The van der Waals surface area contributed by atoms with Crippen LogP contribution >= 0.6 is 0 Å². The van der Waals surface area contributed by atoms with E-state index in [-0.39, 0.29) is 5.41 Å². The van der Waals surface area contributed by atoms with E-state index in [0.717, 1.165) is 52.6 Å². The zero-order chi connectivity index (χ0) is 34.6. The van der Waals surface area contributed by atoms with Crippen LogP contribution in [0.4, 0.5) is 0 Å². The second-order valence-corrected chi connectivity index (χ2v) is 15.7. The van der Waals surface area contributed by atoms with E-state index in [4.69, 9.17) is 14.8 Å². The molecule has 0 radical (unpaired) electrons. The van der Waals surface area contributed by atoms with E-state index in [0.29, 0.717) is 17.8 Å². The topological polar surface area (TPSA) is 44.9 Å². The van der Waals surface area contributed by atoms with Gasteiger partial charge in [-0.2, -0.15) is 5.10 Å². The molecule has 49 heavy (non-hydrogen) atoms. The third-order valence-electron chi connectivity index (χ3n) is 10.4. The molecule has 0 fully saturated rings. The van der Waals surface area contributed by atoms with Crippen LogP contribution in [0.15, 0.2) is 90.6 Å². The van der Waals surface area contributed by atoms with Crippen LogP contribution in [0.2, 0.25) is 0 Å². The molecule has 3 aromatic carbocycles. The number of ether oxygens (including phenoxy) is 1. The summed E-state index contributed by atoms with van der Waals surface area (Å²) >= 11 is 0. The number of hydrogen-bond acceptors (Lipinski definition) is 3. The lowest BCUT2D eigenvalue weighted by Gasteiger charge is -2.29. The molecular formula is C44H50N4O. The van der Waals surface area contributed by atoms with Crippen LogP contribution in [-0.4, -0.2) is 19.3 Å². The molecule has 5 heteroatoms. The molecule has 7 rings (SSSR count). The van der Waals surface area contributed by atoms with E-state index in [1.807, 2.05) is 6.20 Å². The molecule has 2 atom stereocenters. The highest BCUT2D eigenvalue weighted by Crippen LogP contribution is 2.42. The lowest BCUT2D eigenvalue weighted by molar-refractivity contribution is 0.447. The summed E-state index contributed by atoms with van der Waals surface area (Å²) in [6, 6.07) is 26.0. The first kappa shape index (κ1) is 32.9. The van der Waals surface area contributed by atoms with E-state index in [1.165, 1.54) is 45.2 Å². The van der Waals surface area contributed by atoms with Crippen LogP contribution in [0.3, 0.4) is 0 Å². The summed E-state index contributed by atoms with van der Waals surface area (Å²) in [6.45, 7) is 20.4. The summed E-state index contributed by atoms with van der Waals surface area (Å²) in [7, 11) is 0. The molecule has 0 N–H and O–H groups in total. The molecule has 0 bridgehead atoms. The summed E-state index contributed by atoms with van der Waals surface area (Å²) < 4.78 is 11.2. The Morgan fingerprint density at radius 1 is 0.878 bits per heavy atom. The Balaban J connectivity index is 1.33. The molecule has 0 aliphatic heterocycles. The first-order valence-electron chi connectivity index (χ1n) is 17.9. The summed E-state index contributed by atoms with van der Waals surface area (Å²) in [5, 5.41) is 7.54. The highest BCUT2D eigenvalue weighted by Gasteiger charge is 2.30. The molecule has 1 aliphatic rings. The van der Waals surface area contributed by atoms with Gasteiger partial charge < -0.3 is 4.74 Å². The van der Waals surface area contributed by atoms with Crippen molar-refractivity contribution in [1.29, 1.82) is 0 Å². The predicted octanol–water partition coefficient (Wildman–Crippen LogP) is 11.7. The molecule has 5 nitrogen and oxygen atoms in total. The van der Waals surface area contributed by atoms with E-state index in [1.54, 1.807) is 0 Å². The Kier molecular flexibility index (Phi) is 8.50. The van der Waals surface area contributed by atoms with Crippen molar-refractivity contribution < 1.29 is 4.74 Å². The summed E-state index contributed by atoms with van der Waals surface area (Å²) in [5.41, 5.74) is 10.8. The van der Waals surface area contributed by atoms with Crippen molar-refractivity contribution in [2.45, 2.75) is 92.9 Å². The summed E-state index contributed by atoms with van der Waals surface area (Å²) in [4.78, 5) is 4.86. The quantitative estimate of drug-likeness (QED) is 0.162. The molecular weight excluding hydrogens is 601 g/mol. The minimum atomic E-state index is -0.0761. The molecule has 0 saturated heterocycles. The molecule has 3 heterocycles. The minimum absolute atomic E-state index is 0.0761. The largest absolute Gasteiger partial charge is 0.457 e. The Hall–Kier alpha value is -4.64. The van der Waals surface area contributed by atoms with Crippen molar-refractivity contribution in [3.8, 4) is 23.0 Å². The summed E-state index contributed by atoms with van der Waals surface area (Å²) in [5.74, 6) is 4.09. The van der Waals surface area contributed by atoms with Gasteiger partial charge in [0.2, 0.25) is 0 Å². The highest BCUT2D eigenvalue weighted by molar-refractivity contribution is 6.09. The maximum absolute atomic E-state index is 6.79. The van der Waals surface area contributed by atoms with Gasteiger partial charge >= 0.3 is 0 Å². The maximum atomic E-state index is 6.79. The standard InChI is InChI=1S/C44H50N4O/c1-27(2)21-32-19-20-45-41(22-32)47-39-16-11-10-15-37(39)38-18-17-35(26-40(38)47)49-36-24-33(44(7,8)9)23-34(25-36)48-31(6)43(30(5)46-48)42-28(3)13-12-14-29(42)4/h10-11,13,15-20,22-27,29,42H,12,14,21H2,1-9H3/t29-,42?/m0/s1. The first-order valence-corrected chi connectivity index (χ1v) is 17.9. The normalized spacial score (nSPS) is 16.9. The maximum Gasteiger partial charge on any atom is 0.137 e. The fourth-order valence-electron chi connectivity index (χ4n) is 7.96. The molecule has 0 spiro atoms. The Labute approximate surface area is 291 Å². The zero-order valence-corrected chi connectivity index (χ0v) is 30.6. The van der Waals surface area contributed by atoms with E-state index >= 15 is 0 Å². The van der Waals surface area contributed by atoms with Gasteiger partial charge in [-0.3, -0.25) is 4.57 Å². The number of rotatable bonds is 7. The number of nitrogens with zero attached hydrogens (tertiary/aromatic N) is 4. The lowest BCUT2D eigenvalue weighted by Crippen LogP contribution is -2.16. The summed E-state index contributed by atoms with van der Waals surface area (Å²) in [6.07, 6.45) is 7.75. The molecule has 0 amide bonds. The predicted molar refractivity (Wildman–Crippen MR) is 204 cm³/mol. The number of pyridine rings is 1. The SMILES string of the molecule is CC1=CCC[C@H](C)C1c1c(C)nn(-c2cc(Oc3ccc4c5ccccc5n(-c5cc(CC(C)C)ccn5)c4c3)cc(C(C)(C)C)c2)c1C. The molecule has 0 saturated carbocycles. The van der Waals surface area contributed by atoms with Gasteiger partial charge in [-0.15, -0.1) is 0 Å². The fourth-order valence-corrected chi connectivity index (χ4v) is 7.96. The van der Waals surface area contributed by atoms with Crippen LogP contribution in [-0.2, 0) is 11.8 Å². The van der Waals surface area contributed by atoms with Gasteiger partial charge in [0, 0.05) is 46.3 Å². The Morgan fingerprint density at radius 2 is 1.65 bits per heavy atom. The van der Waals surface area contributed by atoms with Crippen molar-refractivity contribution in [2.75, 3.05) is 0 Å². The van der Waals surface area contributed by atoms with Gasteiger partial charge in [0.05, 0.1) is 22.4 Å². The molecule has 3 aromatic heterocycles. The average molecular weight is 651 g/mol. The highest BCUT2D eigenvalue weighted by atomic mass is 16.5. The Morgan fingerprint density at radius 3 is 2.41 bits per heavy atom. The van der Waals surface area contributed by atoms with E-state index in [9.17, 15) is 0 Å². The number of benzene rings is 3. The Bertz CT molecular complexity index is 2210. The minimum Gasteiger partial charge on any atom is -0.457 e. The third kappa shape index (κ3) is 6.20. The van der Waals surface area contributed by atoms with Crippen LogP contribution < -0.4 is 4.74 Å². The monoisotopic (exact) mass is 650 g/mol. The fraction of sp³-hybridized carbons (Fsp3) is 0.364. The first-order chi connectivity index (χ1) is 23.4. The van der Waals surface area contributed by atoms with Gasteiger partial charge in [-0.05, 0) is 111 Å². The number of aryl methyl sites for hydroxylation is 1. The molecule has 1 aliphatic carbocycles. The van der Waals surface area contributed by atoms with Gasteiger partial charge in [0.1, 0.15) is 17.3 Å². The molecule has 252 valence electrons. The van der Waals surface area contributed by atoms with Gasteiger partial charge in [0.15, 0.2) is 0 Å². The number of para-hydroxylation sites is 1. The van der Waals surface area contributed by atoms with Crippen LogP contribution in [0.25, 0.3) is 33.3 Å². The number of aromatic nitrogens is 4. The van der Waals surface area contributed by atoms with E-state index in [2.05, 4.69) is 150 Å².